The molecular weight excluding hydrogens is 292 g/mol. The summed E-state index contributed by atoms with van der Waals surface area (Å²) >= 11 is 3.54. The minimum absolute atomic E-state index is 0.814. The monoisotopic (exact) mass is 302 g/mol. The Bertz CT molecular complexity index is 673. The van der Waals surface area contributed by atoms with Crippen molar-refractivity contribution >= 4 is 27.0 Å². The van der Waals surface area contributed by atoms with Gasteiger partial charge in [0.15, 0.2) is 0 Å². The van der Waals surface area contributed by atoms with Crippen LogP contribution in [0.25, 0.3) is 22.4 Å². The molecule has 0 radical (unpaired) electrons. The number of hydrogen-bond donors (Lipinski definition) is 1. The molecule has 3 rings (SSSR count). The van der Waals surface area contributed by atoms with Crippen LogP contribution in [0.15, 0.2) is 46.9 Å². The molecule has 90 valence electrons. The van der Waals surface area contributed by atoms with Gasteiger partial charge in [-0.1, -0.05) is 28.1 Å². The number of nitrogens with one attached hydrogen (secondary N) is 1. The van der Waals surface area contributed by atoms with E-state index in [0.717, 1.165) is 32.6 Å². The van der Waals surface area contributed by atoms with Gasteiger partial charge in [0.25, 0.3) is 0 Å². The van der Waals surface area contributed by atoms with E-state index in [4.69, 9.17) is 4.74 Å². The molecule has 1 heterocycles. The summed E-state index contributed by atoms with van der Waals surface area (Å²) in [5.41, 5.74) is 2.98. The summed E-state index contributed by atoms with van der Waals surface area (Å²) < 4.78 is 6.23. The third kappa shape index (κ3) is 1.88. The molecule has 0 aliphatic heterocycles. The van der Waals surface area contributed by atoms with Gasteiger partial charge >= 0.3 is 0 Å². The molecule has 0 amide bonds. The van der Waals surface area contributed by atoms with Crippen LogP contribution in [-0.2, 0) is 0 Å². The molecule has 0 saturated carbocycles. The summed E-state index contributed by atoms with van der Waals surface area (Å²) in [5.74, 6) is 1.65. The summed E-state index contributed by atoms with van der Waals surface area (Å²) in [5, 5.41) is 0. The zero-order valence-corrected chi connectivity index (χ0v) is 11.4. The van der Waals surface area contributed by atoms with Crippen molar-refractivity contribution in [3.8, 4) is 17.1 Å². The maximum Gasteiger partial charge on any atom is 0.139 e. The van der Waals surface area contributed by atoms with E-state index in [1.54, 1.807) is 7.11 Å². The van der Waals surface area contributed by atoms with Gasteiger partial charge in [0.2, 0.25) is 0 Å². The number of halogens is 1. The topological polar surface area (TPSA) is 37.9 Å². The van der Waals surface area contributed by atoms with Crippen molar-refractivity contribution in [2.45, 2.75) is 0 Å². The molecule has 0 unspecified atom stereocenters. The highest BCUT2D eigenvalue weighted by atomic mass is 79.9. The fraction of sp³-hybridized carbons (Fsp3) is 0.0714. The number of ether oxygens (including phenoxy) is 1. The van der Waals surface area contributed by atoms with E-state index in [-0.39, 0.29) is 0 Å². The number of methoxy groups -OCH3 is 1. The van der Waals surface area contributed by atoms with E-state index in [9.17, 15) is 0 Å². The molecule has 0 bridgehead atoms. The molecule has 3 nitrogen and oxygen atoms in total. The van der Waals surface area contributed by atoms with Gasteiger partial charge in [0.1, 0.15) is 11.6 Å². The molecular formula is C14H11BrN2O. The first-order valence-corrected chi connectivity index (χ1v) is 6.36. The summed E-state index contributed by atoms with van der Waals surface area (Å²) in [6, 6.07) is 13.8. The van der Waals surface area contributed by atoms with E-state index < -0.39 is 0 Å². The van der Waals surface area contributed by atoms with Crippen LogP contribution < -0.4 is 4.74 Å². The van der Waals surface area contributed by atoms with Crippen LogP contribution in [0.4, 0.5) is 0 Å². The van der Waals surface area contributed by atoms with Gasteiger partial charge in [-0.2, -0.15) is 0 Å². The standard InChI is InChI=1S/C14H11BrN2O/c1-18-9-6-7-11(15)10(8-9)14-16-12-4-2-3-5-13(12)17-14/h2-8H,1H3,(H,16,17). The predicted octanol–water partition coefficient (Wildman–Crippen LogP) is 4.00. The van der Waals surface area contributed by atoms with Crippen molar-refractivity contribution < 1.29 is 4.74 Å². The Hall–Kier alpha value is -1.81. The number of H-pyrrole nitrogens is 1. The van der Waals surface area contributed by atoms with E-state index in [1.165, 1.54) is 0 Å². The van der Waals surface area contributed by atoms with E-state index in [2.05, 4.69) is 25.9 Å². The lowest BCUT2D eigenvalue weighted by Crippen LogP contribution is -1.86. The molecule has 18 heavy (non-hydrogen) atoms. The Morgan fingerprint density at radius 2 is 2.00 bits per heavy atom. The molecule has 0 aliphatic carbocycles. The lowest BCUT2D eigenvalue weighted by Gasteiger charge is -2.04. The lowest BCUT2D eigenvalue weighted by atomic mass is 10.2. The number of para-hydroxylation sites is 2. The normalized spacial score (nSPS) is 10.8. The summed E-state index contributed by atoms with van der Waals surface area (Å²) in [7, 11) is 1.66. The van der Waals surface area contributed by atoms with E-state index >= 15 is 0 Å². The first-order valence-electron chi connectivity index (χ1n) is 5.56. The Morgan fingerprint density at radius 3 is 2.78 bits per heavy atom. The molecule has 0 spiro atoms. The highest BCUT2D eigenvalue weighted by Crippen LogP contribution is 2.31. The molecule has 2 aromatic carbocycles. The highest BCUT2D eigenvalue weighted by Gasteiger charge is 2.09. The molecule has 0 fully saturated rings. The van der Waals surface area contributed by atoms with Crippen molar-refractivity contribution in [2.75, 3.05) is 7.11 Å². The average molecular weight is 303 g/mol. The maximum atomic E-state index is 5.24. The minimum atomic E-state index is 0.814. The van der Waals surface area contributed by atoms with Crippen molar-refractivity contribution in [3.05, 3.63) is 46.9 Å². The van der Waals surface area contributed by atoms with E-state index in [1.807, 2.05) is 42.5 Å². The molecule has 1 aromatic heterocycles. The lowest BCUT2D eigenvalue weighted by molar-refractivity contribution is 0.415. The maximum absolute atomic E-state index is 5.24. The van der Waals surface area contributed by atoms with Gasteiger partial charge in [-0.15, -0.1) is 0 Å². The largest absolute Gasteiger partial charge is 0.497 e. The average Bonchev–Trinajstić information content (AvgIpc) is 2.82. The second-order valence-corrected chi connectivity index (χ2v) is 4.80. The molecule has 3 aromatic rings. The number of hydrogen-bond acceptors (Lipinski definition) is 2. The second-order valence-electron chi connectivity index (χ2n) is 3.95. The van der Waals surface area contributed by atoms with Crippen LogP contribution in [0.2, 0.25) is 0 Å². The first-order chi connectivity index (χ1) is 8.78. The van der Waals surface area contributed by atoms with Crippen molar-refractivity contribution in [2.24, 2.45) is 0 Å². The number of benzene rings is 2. The van der Waals surface area contributed by atoms with Gasteiger partial charge in [-0.25, -0.2) is 4.98 Å². The third-order valence-corrected chi connectivity index (χ3v) is 3.51. The van der Waals surface area contributed by atoms with Crippen LogP contribution in [0.1, 0.15) is 0 Å². The molecule has 0 saturated heterocycles. The highest BCUT2D eigenvalue weighted by molar-refractivity contribution is 9.10. The number of aromatic amines is 1. The zero-order valence-electron chi connectivity index (χ0n) is 9.77. The molecule has 0 atom stereocenters. The summed E-state index contributed by atoms with van der Waals surface area (Å²) in [4.78, 5) is 7.89. The van der Waals surface area contributed by atoms with Crippen molar-refractivity contribution in [1.29, 1.82) is 0 Å². The van der Waals surface area contributed by atoms with E-state index in [0.29, 0.717) is 0 Å². The Morgan fingerprint density at radius 1 is 1.17 bits per heavy atom. The molecule has 1 N–H and O–H groups in total. The number of imidazole rings is 1. The van der Waals surface area contributed by atoms with Gasteiger partial charge in [0.05, 0.1) is 18.1 Å². The van der Waals surface area contributed by atoms with Crippen LogP contribution >= 0.6 is 15.9 Å². The van der Waals surface area contributed by atoms with Gasteiger partial charge in [-0.3, -0.25) is 0 Å². The fourth-order valence-electron chi connectivity index (χ4n) is 1.89. The fourth-order valence-corrected chi connectivity index (χ4v) is 2.33. The number of nitrogens with zero attached hydrogens (tertiary/aromatic N) is 1. The van der Waals surface area contributed by atoms with Gasteiger partial charge in [0, 0.05) is 10.0 Å². The van der Waals surface area contributed by atoms with Gasteiger partial charge in [-0.05, 0) is 30.3 Å². The third-order valence-electron chi connectivity index (χ3n) is 2.82. The SMILES string of the molecule is COc1ccc(Br)c(-c2nc3ccccc3[nH]2)c1. The number of rotatable bonds is 2. The van der Waals surface area contributed by atoms with Crippen LogP contribution in [0.5, 0.6) is 5.75 Å². The van der Waals surface area contributed by atoms with Gasteiger partial charge < -0.3 is 9.72 Å². The summed E-state index contributed by atoms with van der Waals surface area (Å²) in [6.45, 7) is 0. The van der Waals surface area contributed by atoms with Crippen LogP contribution in [0.3, 0.4) is 0 Å². The zero-order chi connectivity index (χ0) is 12.5. The van der Waals surface area contributed by atoms with Crippen LogP contribution in [0, 0.1) is 0 Å². The van der Waals surface area contributed by atoms with Crippen molar-refractivity contribution in [1.82, 2.24) is 9.97 Å². The summed E-state index contributed by atoms with van der Waals surface area (Å²) in [6.07, 6.45) is 0. The molecule has 0 aliphatic rings. The molecule has 4 heteroatoms. The van der Waals surface area contributed by atoms with Crippen molar-refractivity contribution in [3.63, 3.8) is 0 Å². The van der Waals surface area contributed by atoms with Crippen LogP contribution in [-0.4, -0.2) is 17.1 Å². The quantitative estimate of drug-likeness (QED) is 0.777. The second kappa shape index (κ2) is 4.46. The Kier molecular flexibility index (Phi) is 2.80. The smallest absolute Gasteiger partial charge is 0.139 e. The number of fused-ring (bicyclic) bond motifs is 1. The Labute approximate surface area is 113 Å². The first kappa shape index (κ1) is 11.3. The number of aromatic nitrogens is 2. The predicted molar refractivity (Wildman–Crippen MR) is 75.8 cm³/mol. The minimum Gasteiger partial charge on any atom is -0.497 e. The Balaban J connectivity index is 2.19.